The summed E-state index contributed by atoms with van der Waals surface area (Å²) in [5, 5.41) is 9.36. The van der Waals surface area contributed by atoms with Crippen LogP contribution in [0.1, 0.15) is 20.3 Å². The van der Waals surface area contributed by atoms with E-state index in [9.17, 15) is 23.1 Å². The lowest BCUT2D eigenvalue weighted by atomic mass is 10.00. The Morgan fingerprint density at radius 1 is 1.62 bits per heavy atom. The number of rotatable bonds is 2. The first-order valence-corrected chi connectivity index (χ1v) is 4.80. The van der Waals surface area contributed by atoms with E-state index in [0.717, 1.165) is 6.92 Å². The van der Waals surface area contributed by atoms with Gasteiger partial charge in [0.1, 0.15) is 0 Å². The molecule has 0 bridgehead atoms. The molecular formula is C9H13F3O4. The van der Waals surface area contributed by atoms with Crippen molar-refractivity contribution in [3.8, 4) is 0 Å². The van der Waals surface area contributed by atoms with Crippen LogP contribution in [0, 0.1) is 0 Å². The van der Waals surface area contributed by atoms with Gasteiger partial charge in [0.2, 0.25) is 0 Å². The average Bonchev–Trinajstić information content (AvgIpc) is 2.42. The monoisotopic (exact) mass is 242 g/mol. The SMILES string of the molecule is CCOC(=O)C1O[C@@](C)(C(F)(F)F)CC1O. The number of carbonyl (C=O) groups excluding carboxylic acids is 1. The Bertz CT molecular complexity index is 278. The molecule has 1 N–H and O–H groups in total. The molecule has 0 aromatic rings. The fourth-order valence-electron chi connectivity index (χ4n) is 1.53. The van der Waals surface area contributed by atoms with E-state index in [2.05, 4.69) is 9.47 Å². The maximum absolute atomic E-state index is 12.6. The molecule has 0 amide bonds. The van der Waals surface area contributed by atoms with E-state index in [1.807, 2.05) is 0 Å². The summed E-state index contributed by atoms with van der Waals surface area (Å²) in [6.45, 7) is 2.34. The molecule has 1 heterocycles. The highest BCUT2D eigenvalue weighted by Gasteiger charge is 2.61. The maximum Gasteiger partial charge on any atom is 0.417 e. The minimum absolute atomic E-state index is 0.0220. The fourth-order valence-corrected chi connectivity index (χ4v) is 1.53. The lowest BCUT2D eigenvalue weighted by molar-refractivity contribution is -0.264. The zero-order chi connectivity index (χ0) is 12.6. The zero-order valence-electron chi connectivity index (χ0n) is 8.87. The van der Waals surface area contributed by atoms with Crippen molar-refractivity contribution < 1.29 is 32.5 Å². The Kier molecular flexibility index (Phi) is 3.49. The zero-order valence-corrected chi connectivity index (χ0v) is 8.87. The van der Waals surface area contributed by atoms with Gasteiger partial charge in [-0.2, -0.15) is 13.2 Å². The number of aliphatic hydroxyl groups is 1. The van der Waals surface area contributed by atoms with Crippen LogP contribution in [0.25, 0.3) is 0 Å². The van der Waals surface area contributed by atoms with E-state index in [4.69, 9.17) is 0 Å². The van der Waals surface area contributed by atoms with Gasteiger partial charge in [-0.15, -0.1) is 0 Å². The number of aliphatic hydroxyl groups excluding tert-OH is 1. The minimum Gasteiger partial charge on any atom is -0.464 e. The lowest BCUT2D eigenvalue weighted by Gasteiger charge is -2.26. The molecule has 0 aliphatic carbocycles. The van der Waals surface area contributed by atoms with Crippen molar-refractivity contribution >= 4 is 5.97 Å². The van der Waals surface area contributed by atoms with E-state index in [1.54, 1.807) is 0 Å². The Morgan fingerprint density at radius 3 is 2.56 bits per heavy atom. The van der Waals surface area contributed by atoms with Crippen LogP contribution in [0.15, 0.2) is 0 Å². The number of hydrogen-bond donors (Lipinski definition) is 1. The quantitative estimate of drug-likeness (QED) is 0.734. The summed E-state index contributed by atoms with van der Waals surface area (Å²) in [5.41, 5.74) is -2.50. The third-order valence-corrected chi connectivity index (χ3v) is 2.45. The highest BCUT2D eigenvalue weighted by molar-refractivity contribution is 5.76. The molecule has 7 heteroatoms. The van der Waals surface area contributed by atoms with Gasteiger partial charge >= 0.3 is 12.1 Å². The van der Waals surface area contributed by atoms with Crippen LogP contribution in [0.5, 0.6) is 0 Å². The van der Waals surface area contributed by atoms with Crippen LogP contribution < -0.4 is 0 Å². The second kappa shape index (κ2) is 4.21. The van der Waals surface area contributed by atoms with Gasteiger partial charge in [0, 0.05) is 6.42 Å². The number of alkyl halides is 3. The summed E-state index contributed by atoms with van der Waals surface area (Å²) in [7, 11) is 0. The molecule has 0 aromatic carbocycles. The molecule has 94 valence electrons. The Morgan fingerprint density at radius 2 is 2.19 bits per heavy atom. The van der Waals surface area contributed by atoms with E-state index in [0.29, 0.717) is 0 Å². The highest BCUT2D eigenvalue weighted by Crippen LogP contribution is 2.43. The average molecular weight is 242 g/mol. The van der Waals surface area contributed by atoms with Crippen molar-refractivity contribution in [2.24, 2.45) is 0 Å². The summed E-state index contributed by atoms with van der Waals surface area (Å²) in [6.07, 6.45) is -8.35. The Hall–Kier alpha value is -0.820. The summed E-state index contributed by atoms with van der Waals surface area (Å²) in [5.74, 6) is -0.969. The normalized spacial score (nSPS) is 35.1. The van der Waals surface area contributed by atoms with E-state index >= 15 is 0 Å². The van der Waals surface area contributed by atoms with Crippen molar-refractivity contribution in [2.45, 2.75) is 44.3 Å². The van der Waals surface area contributed by atoms with Crippen molar-refractivity contribution in [2.75, 3.05) is 6.61 Å². The predicted octanol–water partition coefficient (Wildman–Crippen LogP) is 1.02. The van der Waals surface area contributed by atoms with Gasteiger partial charge in [-0.05, 0) is 13.8 Å². The third-order valence-electron chi connectivity index (χ3n) is 2.45. The summed E-state index contributed by atoms with van der Waals surface area (Å²) in [6, 6.07) is 0. The van der Waals surface area contributed by atoms with Gasteiger partial charge in [-0.1, -0.05) is 0 Å². The van der Waals surface area contributed by atoms with Crippen LogP contribution in [0.4, 0.5) is 13.2 Å². The first-order chi connectivity index (χ1) is 7.21. The fraction of sp³-hybridized carbons (Fsp3) is 0.889. The molecular weight excluding hydrogens is 229 g/mol. The standard InChI is InChI=1S/C9H13F3O4/c1-3-15-7(14)6-5(13)4-8(2,16-6)9(10,11)12/h5-6,13H,3-4H2,1-2H3/t5?,6?,8-/m1/s1. The largest absolute Gasteiger partial charge is 0.464 e. The van der Waals surface area contributed by atoms with Crippen LogP contribution in [-0.2, 0) is 14.3 Å². The van der Waals surface area contributed by atoms with E-state index in [1.165, 1.54) is 6.92 Å². The molecule has 3 atom stereocenters. The summed E-state index contributed by atoms with van der Waals surface area (Å²) < 4.78 is 46.8. The van der Waals surface area contributed by atoms with Gasteiger partial charge in [0.25, 0.3) is 0 Å². The maximum atomic E-state index is 12.6. The molecule has 1 saturated heterocycles. The molecule has 0 spiro atoms. The van der Waals surface area contributed by atoms with Gasteiger partial charge < -0.3 is 14.6 Å². The van der Waals surface area contributed by atoms with Crippen LogP contribution in [0.2, 0.25) is 0 Å². The summed E-state index contributed by atoms with van der Waals surface area (Å²) in [4.78, 5) is 11.2. The number of ether oxygens (including phenoxy) is 2. The van der Waals surface area contributed by atoms with Crippen LogP contribution in [0.3, 0.4) is 0 Å². The molecule has 1 aliphatic rings. The molecule has 2 unspecified atom stereocenters. The number of carbonyl (C=O) groups is 1. The third kappa shape index (κ3) is 2.30. The molecule has 16 heavy (non-hydrogen) atoms. The van der Waals surface area contributed by atoms with E-state index < -0.39 is 36.4 Å². The molecule has 4 nitrogen and oxygen atoms in total. The molecule has 1 aliphatic heterocycles. The number of hydrogen-bond acceptors (Lipinski definition) is 4. The molecule has 1 rings (SSSR count). The smallest absolute Gasteiger partial charge is 0.417 e. The van der Waals surface area contributed by atoms with Gasteiger partial charge in [-0.25, -0.2) is 4.79 Å². The predicted molar refractivity (Wildman–Crippen MR) is 46.6 cm³/mol. The Balaban J connectivity index is 2.78. The topological polar surface area (TPSA) is 55.8 Å². The van der Waals surface area contributed by atoms with Gasteiger partial charge in [-0.3, -0.25) is 0 Å². The van der Waals surface area contributed by atoms with E-state index in [-0.39, 0.29) is 6.61 Å². The van der Waals surface area contributed by atoms with Gasteiger partial charge in [0.15, 0.2) is 11.7 Å². The lowest BCUT2D eigenvalue weighted by Crippen LogP contribution is -2.43. The highest BCUT2D eigenvalue weighted by atomic mass is 19.4. The Labute approximate surface area is 90.3 Å². The second-order valence-electron chi connectivity index (χ2n) is 3.79. The van der Waals surface area contributed by atoms with Gasteiger partial charge in [0.05, 0.1) is 12.7 Å². The first kappa shape index (κ1) is 13.2. The summed E-state index contributed by atoms with van der Waals surface area (Å²) >= 11 is 0. The second-order valence-corrected chi connectivity index (χ2v) is 3.79. The van der Waals surface area contributed by atoms with Crippen molar-refractivity contribution in [3.05, 3.63) is 0 Å². The van der Waals surface area contributed by atoms with Crippen LogP contribution in [-0.4, -0.2) is 41.7 Å². The minimum atomic E-state index is -4.63. The van der Waals surface area contributed by atoms with Crippen molar-refractivity contribution in [1.82, 2.24) is 0 Å². The molecule has 0 radical (unpaired) electrons. The molecule has 0 saturated carbocycles. The van der Waals surface area contributed by atoms with Crippen LogP contribution >= 0.6 is 0 Å². The first-order valence-electron chi connectivity index (χ1n) is 4.80. The van der Waals surface area contributed by atoms with Crippen molar-refractivity contribution in [3.63, 3.8) is 0 Å². The molecule has 0 aromatic heterocycles. The molecule has 1 fully saturated rings. The van der Waals surface area contributed by atoms with Crippen molar-refractivity contribution in [1.29, 1.82) is 0 Å². The number of esters is 1. The number of halogens is 3.